The molecule has 2 aromatic carbocycles. The van der Waals surface area contributed by atoms with Crippen LogP contribution >= 0.6 is 0 Å². The monoisotopic (exact) mass is 247 g/mol. The highest BCUT2D eigenvalue weighted by atomic mass is 16.3. The second kappa shape index (κ2) is 3.75. The Labute approximate surface area is 110 Å². The number of benzene rings is 2. The van der Waals surface area contributed by atoms with Crippen LogP contribution in [0, 0.1) is 0 Å². The van der Waals surface area contributed by atoms with Crippen molar-refractivity contribution in [2.45, 2.75) is 6.54 Å². The molecule has 0 amide bonds. The third kappa shape index (κ3) is 1.31. The van der Waals surface area contributed by atoms with Gasteiger partial charge in [-0.05, 0) is 12.1 Å². The van der Waals surface area contributed by atoms with Gasteiger partial charge in [0.05, 0.1) is 10.9 Å². The van der Waals surface area contributed by atoms with Gasteiger partial charge in [0.25, 0.3) is 0 Å². The summed E-state index contributed by atoms with van der Waals surface area (Å²) in [5, 5.41) is 3.62. The molecule has 2 heterocycles. The predicted molar refractivity (Wildman–Crippen MR) is 79.4 cm³/mol. The molecule has 0 aliphatic heterocycles. The number of rotatable bonds is 2. The van der Waals surface area contributed by atoms with Crippen LogP contribution in [-0.4, -0.2) is 4.57 Å². The van der Waals surface area contributed by atoms with E-state index in [1.54, 1.807) is 0 Å². The summed E-state index contributed by atoms with van der Waals surface area (Å²) >= 11 is 0. The van der Waals surface area contributed by atoms with Crippen molar-refractivity contribution in [3.8, 4) is 0 Å². The van der Waals surface area contributed by atoms with Crippen LogP contribution < -0.4 is 0 Å². The van der Waals surface area contributed by atoms with Gasteiger partial charge in [-0.15, -0.1) is 6.58 Å². The van der Waals surface area contributed by atoms with Crippen molar-refractivity contribution in [3.63, 3.8) is 0 Å². The third-order valence-corrected chi connectivity index (χ3v) is 3.60. The second-order valence-electron chi connectivity index (χ2n) is 4.69. The van der Waals surface area contributed by atoms with Gasteiger partial charge >= 0.3 is 0 Å². The lowest BCUT2D eigenvalue weighted by molar-refractivity contribution is 0.625. The molecule has 0 aliphatic carbocycles. The average Bonchev–Trinajstić information content (AvgIpc) is 2.96. The van der Waals surface area contributed by atoms with Gasteiger partial charge < -0.3 is 8.98 Å². The zero-order valence-electron chi connectivity index (χ0n) is 10.5. The smallest absolute Gasteiger partial charge is 0.209 e. The first-order chi connectivity index (χ1) is 9.40. The third-order valence-electron chi connectivity index (χ3n) is 3.60. The molecule has 0 aliphatic rings. The van der Waals surface area contributed by atoms with Gasteiger partial charge in [0.2, 0.25) is 5.71 Å². The van der Waals surface area contributed by atoms with E-state index >= 15 is 0 Å². The van der Waals surface area contributed by atoms with E-state index in [1.165, 1.54) is 21.7 Å². The standard InChI is InChI=1S/C17H13NO/c1-2-11-18-14-9-5-3-7-12(14)16-13-8-4-6-10-15(13)19-17(16)18/h2-10H,1,11H2. The van der Waals surface area contributed by atoms with Crippen molar-refractivity contribution >= 4 is 33.0 Å². The van der Waals surface area contributed by atoms with E-state index in [-0.39, 0.29) is 0 Å². The molecular formula is C17H13NO. The van der Waals surface area contributed by atoms with E-state index in [0.29, 0.717) is 0 Å². The Kier molecular flexibility index (Phi) is 2.06. The van der Waals surface area contributed by atoms with Crippen molar-refractivity contribution in [2.24, 2.45) is 0 Å². The van der Waals surface area contributed by atoms with Gasteiger partial charge in [0.1, 0.15) is 5.58 Å². The maximum atomic E-state index is 6.04. The molecule has 0 N–H and O–H groups in total. The summed E-state index contributed by atoms with van der Waals surface area (Å²) in [6, 6.07) is 16.6. The minimum Gasteiger partial charge on any atom is -0.439 e. The SMILES string of the molecule is C=CCn1c2ccccc2c2c3ccccc3oc21. The molecular weight excluding hydrogens is 234 g/mol. The lowest BCUT2D eigenvalue weighted by atomic mass is 10.1. The van der Waals surface area contributed by atoms with Crippen LogP contribution in [0.3, 0.4) is 0 Å². The highest BCUT2D eigenvalue weighted by Crippen LogP contribution is 2.36. The number of para-hydroxylation sites is 2. The Hall–Kier alpha value is -2.48. The fourth-order valence-corrected chi connectivity index (χ4v) is 2.82. The van der Waals surface area contributed by atoms with Crippen molar-refractivity contribution in [3.05, 3.63) is 61.2 Å². The minimum absolute atomic E-state index is 0.754. The van der Waals surface area contributed by atoms with Gasteiger partial charge in [-0.2, -0.15) is 0 Å². The largest absolute Gasteiger partial charge is 0.439 e. The Balaban J connectivity index is 2.30. The van der Waals surface area contributed by atoms with Crippen LogP contribution in [0.4, 0.5) is 0 Å². The summed E-state index contributed by atoms with van der Waals surface area (Å²) in [5.74, 6) is 0. The summed E-state index contributed by atoms with van der Waals surface area (Å²) < 4.78 is 8.21. The van der Waals surface area contributed by atoms with Crippen LogP contribution in [0.5, 0.6) is 0 Å². The highest BCUT2D eigenvalue weighted by molar-refractivity contribution is 6.19. The molecule has 0 unspecified atom stereocenters. The number of aromatic nitrogens is 1. The van der Waals surface area contributed by atoms with Crippen LogP contribution in [0.2, 0.25) is 0 Å². The number of fused-ring (bicyclic) bond motifs is 5. The van der Waals surface area contributed by atoms with Crippen molar-refractivity contribution in [1.82, 2.24) is 4.57 Å². The highest BCUT2D eigenvalue weighted by Gasteiger charge is 2.16. The summed E-state index contributed by atoms with van der Waals surface area (Å²) in [6.45, 7) is 4.59. The van der Waals surface area contributed by atoms with Gasteiger partial charge in [-0.3, -0.25) is 0 Å². The van der Waals surface area contributed by atoms with Crippen molar-refractivity contribution in [1.29, 1.82) is 0 Å². The Bertz CT molecular complexity index is 911. The fraction of sp³-hybridized carbons (Fsp3) is 0.0588. The maximum Gasteiger partial charge on any atom is 0.209 e. The van der Waals surface area contributed by atoms with E-state index in [4.69, 9.17) is 4.42 Å². The Morgan fingerprint density at radius 3 is 2.58 bits per heavy atom. The van der Waals surface area contributed by atoms with Crippen LogP contribution in [-0.2, 0) is 6.54 Å². The lowest BCUT2D eigenvalue weighted by Gasteiger charge is -2.00. The average molecular weight is 247 g/mol. The first kappa shape index (κ1) is 10.4. The molecule has 2 aromatic heterocycles. The molecule has 2 nitrogen and oxygen atoms in total. The fourth-order valence-electron chi connectivity index (χ4n) is 2.82. The molecule has 0 atom stereocenters. The number of hydrogen-bond acceptors (Lipinski definition) is 1. The van der Waals surface area contributed by atoms with E-state index in [9.17, 15) is 0 Å². The van der Waals surface area contributed by atoms with Crippen molar-refractivity contribution < 1.29 is 4.42 Å². The Morgan fingerprint density at radius 1 is 1.00 bits per heavy atom. The van der Waals surface area contributed by atoms with Crippen LogP contribution in [0.25, 0.3) is 33.0 Å². The topological polar surface area (TPSA) is 18.1 Å². The normalized spacial score (nSPS) is 11.6. The van der Waals surface area contributed by atoms with Gasteiger partial charge in [-0.1, -0.05) is 42.5 Å². The summed E-state index contributed by atoms with van der Waals surface area (Å²) in [7, 11) is 0. The molecule has 0 fully saturated rings. The molecule has 0 spiro atoms. The first-order valence-corrected chi connectivity index (χ1v) is 6.39. The van der Waals surface area contributed by atoms with Crippen LogP contribution in [0.15, 0.2) is 65.6 Å². The summed E-state index contributed by atoms with van der Waals surface area (Å²) in [5.41, 5.74) is 3.07. The van der Waals surface area contributed by atoms with Gasteiger partial charge in [0.15, 0.2) is 0 Å². The minimum atomic E-state index is 0.754. The molecule has 0 radical (unpaired) electrons. The summed E-state index contributed by atoms with van der Waals surface area (Å²) in [6.07, 6.45) is 1.90. The molecule has 4 rings (SSSR count). The number of allylic oxidation sites excluding steroid dienone is 1. The quantitative estimate of drug-likeness (QED) is 0.468. The predicted octanol–water partition coefficient (Wildman–Crippen LogP) is 4.73. The van der Waals surface area contributed by atoms with Crippen molar-refractivity contribution in [2.75, 3.05) is 0 Å². The molecule has 4 aromatic rings. The molecule has 92 valence electrons. The lowest BCUT2D eigenvalue weighted by Crippen LogP contribution is -1.92. The number of furan rings is 1. The zero-order chi connectivity index (χ0) is 12.8. The van der Waals surface area contributed by atoms with E-state index in [1.807, 2.05) is 18.2 Å². The first-order valence-electron chi connectivity index (χ1n) is 6.39. The number of hydrogen-bond donors (Lipinski definition) is 0. The van der Waals surface area contributed by atoms with E-state index < -0.39 is 0 Å². The molecule has 2 heteroatoms. The zero-order valence-corrected chi connectivity index (χ0v) is 10.5. The molecule has 0 bridgehead atoms. The molecule has 19 heavy (non-hydrogen) atoms. The Morgan fingerprint density at radius 2 is 1.74 bits per heavy atom. The molecule has 0 saturated heterocycles. The van der Waals surface area contributed by atoms with Gasteiger partial charge in [0, 0.05) is 17.3 Å². The van der Waals surface area contributed by atoms with E-state index in [2.05, 4.69) is 47.5 Å². The molecule has 0 saturated carbocycles. The second-order valence-corrected chi connectivity index (χ2v) is 4.69. The van der Waals surface area contributed by atoms with Gasteiger partial charge in [-0.25, -0.2) is 0 Å². The number of nitrogens with zero attached hydrogens (tertiary/aromatic N) is 1. The van der Waals surface area contributed by atoms with E-state index in [0.717, 1.165) is 17.8 Å². The van der Waals surface area contributed by atoms with Crippen LogP contribution in [0.1, 0.15) is 0 Å². The maximum absolute atomic E-state index is 6.04. The summed E-state index contributed by atoms with van der Waals surface area (Å²) in [4.78, 5) is 0.